The third-order valence-corrected chi connectivity index (χ3v) is 2.29. The second kappa shape index (κ2) is 4.26. The van der Waals surface area contributed by atoms with Crippen LogP contribution in [0.3, 0.4) is 0 Å². The third-order valence-electron chi connectivity index (χ3n) is 2.29. The van der Waals surface area contributed by atoms with Crippen LogP contribution in [0, 0.1) is 6.92 Å². The van der Waals surface area contributed by atoms with Crippen LogP contribution in [0.4, 0.5) is 5.69 Å². The van der Waals surface area contributed by atoms with E-state index in [9.17, 15) is 0 Å². The van der Waals surface area contributed by atoms with Crippen LogP contribution in [0.2, 0.25) is 0 Å². The number of pyridine rings is 1. The molecule has 1 atom stereocenters. The molecule has 2 N–H and O–H groups in total. The SMILES string of the molecule is CCCC(C)c1nc(C)ccc1N. The second-order valence-corrected chi connectivity index (χ2v) is 3.62. The van der Waals surface area contributed by atoms with Crippen LogP contribution in [0.25, 0.3) is 0 Å². The molecule has 1 heterocycles. The van der Waals surface area contributed by atoms with Gasteiger partial charge in [0.2, 0.25) is 0 Å². The van der Waals surface area contributed by atoms with Crippen LogP contribution in [-0.4, -0.2) is 4.98 Å². The van der Waals surface area contributed by atoms with Crippen LogP contribution in [0.15, 0.2) is 12.1 Å². The van der Waals surface area contributed by atoms with Crippen molar-refractivity contribution in [2.45, 2.75) is 39.5 Å². The molecule has 0 aromatic carbocycles. The predicted octanol–water partition coefficient (Wildman–Crippen LogP) is 2.88. The Morgan fingerprint density at radius 2 is 2.15 bits per heavy atom. The first-order valence-corrected chi connectivity index (χ1v) is 4.88. The summed E-state index contributed by atoms with van der Waals surface area (Å²) < 4.78 is 0. The predicted molar refractivity (Wildman–Crippen MR) is 56.7 cm³/mol. The van der Waals surface area contributed by atoms with Crippen molar-refractivity contribution < 1.29 is 0 Å². The summed E-state index contributed by atoms with van der Waals surface area (Å²) >= 11 is 0. The van der Waals surface area contributed by atoms with E-state index >= 15 is 0 Å². The van der Waals surface area contributed by atoms with E-state index in [4.69, 9.17) is 5.73 Å². The zero-order valence-electron chi connectivity index (χ0n) is 8.67. The highest BCUT2D eigenvalue weighted by atomic mass is 14.8. The Balaban J connectivity index is 2.91. The van der Waals surface area contributed by atoms with Gasteiger partial charge in [-0.25, -0.2) is 0 Å². The molecule has 72 valence electrons. The number of aryl methyl sites for hydroxylation is 1. The fraction of sp³-hybridized carbons (Fsp3) is 0.545. The van der Waals surface area contributed by atoms with E-state index in [1.165, 1.54) is 6.42 Å². The molecule has 0 fully saturated rings. The Morgan fingerprint density at radius 3 is 2.77 bits per heavy atom. The molecule has 13 heavy (non-hydrogen) atoms. The van der Waals surface area contributed by atoms with Crippen LogP contribution < -0.4 is 5.73 Å². The fourth-order valence-corrected chi connectivity index (χ4v) is 1.55. The molecule has 0 spiro atoms. The first-order valence-electron chi connectivity index (χ1n) is 4.88. The maximum atomic E-state index is 5.86. The van der Waals surface area contributed by atoms with Gasteiger partial charge >= 0.3 is 0 Å². The van der Waals surface area contributed by atoms with Crippen molar-refractivity contribution in [3.63, 3.8) is 0 Å². The lowest BCUT2D eigenvalue weighted by molar-refractivity contribution is 0.648. The number of aromatic nitrogens is 1. The molecule has 2 heteroatoms. The number of anilines is 1. The highest BCUT2D eigenvalue weighted by Crippen LogP contribution is 2.23. The molecule has 0 aliphatic carbocycles. The highest BCUT2D eigenvalue weighted by Gasteiger charge is 2.09. The number of hydrogen-bond acceptors (Lipinski definition) is 2. The Labute approximate surface area is 80.2 Å². The summed E-state index contributed by atoms with van der Waals surface area (Å²) in [6.07, 6.45) is 2.33. The average Bonchev–Trinajstić information content (AvgIpc) is 2.09. The summed E-state index contributed by atoms with van der Waals surface area (Å²) in [5.41, 5.74) is 8.79. The first kappa shape index (κ1) is 10.0. The molecule has 1 aromatic rings. The molecule has 0 bridgehead atoms. The summed E-state index contributed by atoms with van der Waals surface area (Å²) in [6.45, 7) is 6.37. The third kappa shape index (κ3) is 2.44. The van der Waals surface area contributed by atoms with Gasteiger partial charge in [-0.2, -0.15) is 0 Å². The first-order chi connectivity index (χ1) is 6.15. The molecule has 2 nitrogen and oxygen atoms in total. The molecule has 0 aliphatic rings. The fourth-order valence-electron chi connectivity index (χ4n) is 1.55. The number of nitrogens with two attached hydrogens (primary N) is 1. The standard InChI is InChI=1S/C11H18N2/c1-4-5-8(2)11-10(12)7-6-9(3)13-11/h6-8H,4-5,12H2,1-3H3. The van der Waals surface area contributed by atoms with E-state index in [-0.39, 0.29) is 0 Å². The van der Waals surface area contributed by atoms with Crippen LogP contribution in [-0.2, 0) is 0 Å². The molecule has 1 rings (SSSR count). The molecule has 1 unspecified atom stereocenters. The normalized spacial score (nSPS) is 12.8. The Kier molecular flexibility index (Phi) is 3.29. The van der Waals surface area contributed by atoms with Gasteiger partial charge in [0.05, 0.1) is 11.4 Å². The van der Waals surface area contributed by atoms with Crippen LogP contribution in [0.5, 0.6) is 0 Å². The van der Waals surface area contributed by atoms with Gasteiger partial charge in [0.25, 0.3) is 0 Å². The smallest absolute Gasteiger partial charge is 0.0663 e. The number of hydrogen-bond donors (Lipinski definition) is 1. The van der Waals surface area contributed by atoms with Crippen LogP contribution >= 0.6 is 0 Å². The van der Waals surface area contributed by atoms with E-state index in [1.807, 2.05) is 19.1 Å². The van der Waals surface area contributed by atoms with Crippen molar-refractivity contribution in [2.75, 3.05) is 5.73 Å². The average molecular weight is 178 g/mol. The van der Waals surface area contributed by atoms with Crippen LogP contribution in [0.1, 0.15) is 44.0 Å². The molecule has 0 saturated heterocycles. The number of rotatable bonds is 3. The van der Waals surface area contributed by atoms with Gasteiger partial charge in [-0.05, 0) is 25.5 Å². The minimum atomic E-state index is 0.477. The largest absolute Gasteiger partial charge is 0.397 e. The zero-order chi connectivity index (χ0) is 9.84. The monoisotopic (exact) mass is 178 g/mol. The van der Waals surface area contributed by atoms with Crippen molar-refractivity contribution in [2.24, 2.45) is 0 Å². The van der Waals surface area contributed by atoms with Gasteiger partial charge in [-0.3, -0.25) is 4.98 Å². The summed E-state index contributed by atoms with van der Waals surface area (Å²) in [4.78, 5) is 4.47. The van der Waals surface area contributed by atoms with Gasteiger partial charge in [-0.15, -0.1) is 0 Å². The number of nitrogens with zero attached hydrogens (tertiary/aromatic N) is 1. The molecule has 0 aliphatic heterocycles. The molecular formula is C11H18N2. The minimum absolute atomic E-state index is 0.477. The number of nitrogen functional groups attached to an aromatic ring is 1. The van der Waals surface area contributed by atoms with Gasteiger partial charge in [0.15, 0.2) is 0 Å². The maximum Gasteiger partial charge on any atom is 0.0663 e. The van der Waals surface area contributed by atoms with Gasteiger partial charge < -0.3 is 5.73 Å². The van der Waals surface area contributed by atoms with Crippen molar-refractivity contribution in [1.82, 2.24) is 4.98 Å². The lowest BCUT2D eigenvalue weighted by Gasteiger charge is -2.12. The minimum Gasteiger partial charge on any atom is -0.397 e. The second-order valence-electron chi connectivity index (χ2n) is 3.62. The van der Waals surface area contributed by atoms with Gasteiger partial charge in [0.1, 0.15) is 0 Å². The molecular weight excluding hydrogens is 160 g/mol. The van der Waals surface area contributed by atoms with Crippen molar-refractivity contribution in [3.8, 4) is 0 Å². The topological polar surface area (TPSA) is 38.9 Å². The van der Waals surface area contributed by atoms with E-state index in [1.54, 1.807) is 0 Å². The molecule has 0 saturated carbocycles. The Bertz CT molecular complexity index is 281. The molecule has 1 aromatic heterocycles. The van der Waals surface area contributed by atoms with E-state index in [0.717, 1.165) is 23.5 Å². The van der Waals surface area contributed by atoms with E-state index in [2.05, 4.69) is 18.8 Å². The Hall–Kier alpha value is -1.05. The summed E-state index contributed by atoms with van der Waals surface area (Å²) in [6, 6.07) is 3.90. The van der Waals surface area contributed by atoms with Crippen molar-refractivity contribution in [3.05, 3.63) is 23.5 Å². The van der Waals surface area contributed by atoms with E-state index < -0.39 is 0 Å². The Morgan fingerprint density at radius 1 is 1.46 bits per heavy atom. The molecule has 0 amide bonds. The highest BCUT2D eigenvalue weighted by molar-refractivity contribution is 5.44. The summed E-state index contributed by atoms with van der Waals surface area (Å²) in [5.74, 6) is 0.477. The zero-order valence-corrected chi connectivity index (χ0v) is 8.67. The lowest BCUT2D eigenvalue weighted by Crippen LogP contribution is -2.03. The van der Waals surface area contributed by atoms with Crippen molar-refractivity contribution in [1.29, 1.82) is 0 Å². The maximum absolute atomic E-state index is 5.86. The summed E-state index contributed by atoms with van der Waals surface area (Å²) in [7, 11) is 0. The quantitative estimate of drug-likeness (QED) is 0.773. The van der Waals surface area contributed by atoms with Gasteiger partial charge in [0, 0.05) is 11.6 Å². The van der Waals surface area contributed by atoms with Gasteiger partial charge in [-0.1, -0.05) is 20.3 Å². The summed E-state index contributed by atoms with van der Waals surface area (Å²) in [5, 5.41) is 0. The van der Waals surface area contributed by atoms with E-state index in [0.29, 0.717) is 5.92 Å². The molecule has 0 radical (unpaired) electrons. The lowest BCUT2D eigenvalue weighted by atomic mass is 10.00. The van der Waals surface area contributed by atoms with Crippen molar-refractivity contribution >= 4 is 5.69 Å².